The number of quaternary nitrogens is 1. The smallest absolute Gasteiger partial charge is 0.320 e. The molecule has 0 unspecified atom stereocenters. The first kappa shape index (κ1) is 13.0. The topological polar surface area (TPSA) is 0 Å². The van der Waals surface area contributed by atoms with Gasteiger partial charge in [0.05, 0.1) is 25.2 Å². The summed E-state index contributed by atoms with van der Waals surface area (Å²) in [7, 11) is 0. The number of hydrogen-bond acceptors (Lipinski definition) is 0. The first-order valence-corrected chi connectivity index (χ1v) is 6.98. The SMILES string of the molecule is FC(F)(F)c1cccc(C[N+]23CCC(CC2)CC3)c1. The van der Waals surface area contributed by atoms with Crippen LogP contribution in [0.3, 0.4) is 0 Å². The van der Waals surface area contributed by atoms with E-state index in [9.17, 15) is 13.2 Å². The Morgan fingerprint density at radius 3 is 2.26 bits per heavy atom. The van der Waals surface area contributed by atoms with Gasteiger partial charge in [0, 0.05) is 5.56 Å². The van der Waals surface area contributed by atoms with Crippen molar-refractivity contribution >= 4 is 0 Å². The highest BCUT2D eigenvalue weighted by molar-refractivity contribution is 5.25. The Kier molecular flexibility index (Phi) is 3.08. The van der Waals surface area contributed by atoms with Crippen LogP contribution in [0, 0.1) is 5.92 Å². The average Bonchev–Trinajstić information content (AvgIpc) is 2.39. The molecule has 0 atom stereocenters. The molecule has 0 aromatic heterocycles. The molecule has 0 aliphatic carbocycles. The summed E-state index contributed by atoms with van der Waals surface area (Å²) in [6.45, 7) is 4.18. The second-order valence-electron chi connectivity index (χ2n) is 6.10. The van der Waals surface area contributed by atoms with Gasteiger partial charge < -0.3 is 4.48 Å². The first-order chi connectivity index (χ1) is 8.97. The van der Waals surface area contributed by atoms with Crippen molar-refractivity contribution in [3.05, 3.63) is 35.4 Å². The molecule has 1 aromatic carbocycles. The van der Waals surface area contributed by atoms with E-state index in [4.69, 9.17) is 0 Å². The van der Waals surface area contributed by atoms with Gasteiger partial charge in [-0.2, -0.15) is 13.2 Å². The fourth-order valence-corrected chi connectivity index (χ4v) is 3.61. The molecule has 0 radical (unpaired) electrons. The van der Waals surface area contributed by atoms with Crippen LogP contribution in [0.1, 0.15) is 30.4 Å². The molecule has 19 heavy (non-hydrogen) atoms. The van der Waals surface area contributed by atoms with Crippen LogP contribution >= 0.6 is 0 Å². The monoisotopic (exact) mass is 270 g/mol. The van der Waals surface area contributed by atoms with Crippen LogP contribution in [0.5, 0.6) is 0 Å². The normalized spacial score (nSPS) is 30.6. The minimum Gasteiger partial charge on any atom is -0.320 e. The lowest BCUT2D eigenvalue weighted by Gasteiger charge is -2.49. The number of hydrogen-bond donors (Lipinski definition) is 0. The third-order valence-corrected chi connectivity index (χ3v) is 4.81. The van der Waals surface area contributed by atoms with Crippen molar-refractivity contribution in [1.29, 1.82) is 0 Å². The van der Waals surface area contributed by atoms with Crippen molar-refractivity contribution < 1.29 is 17.7 Å². The van der Waals surface area contributed by atoms with Gasteiger partial charge in [0.25, 0.3) is 0 Å². The van der Waals surface area contributed by atoms with Crippen molar-refractivity contribution in [1.82, 2.24) is 0 Å². The van der Waals surface area contributed by atoms with E-state index in [2.05, 4.69) is 0 Å². The fourth-order valence-electron chi connectivity index (χ4n) is 3.61. The van der Waals surface area contributed by atoms with E-state index in [1.165, 1.54) is 31.4 Å². The lowest BCUT2D eigenvalue weighted by Crippen LogP contribution is -2.57. The van der Waals surface area contributed by atoms with Gasteiger partial charge in [-0.1, -0.05) is 12.1 Å². The highest BCUT2D eigenvalue weighted by Crippen LogP contribution is 2.36. The van der Waals surface area contributed by atoms with E-state index < -0.39 is 11.7 Å². The quantitative estimate of drug-likeness (QED) is 0.716. The Bertz CT molecular complexity index is 445. The van der Waals surface area contributed by atoms with Gasteiger partial charge in [0.1, 0.15) is 6.54 Å². The van der Waals surface area contributed by atoms with Crippen LogP contribution < -0.4 is 0 Å². The molecule has 4 rings (SSSR count). The van der Waals surface area contributed by atoms with Gasteiger partial charge >= 0.3 is 6.18 Å². The molecule has 0 amide bonds. The van der Waals surface area contributed by atoms with Crippen molar-refractivity contribution in [2.24, 2.45) is 5.92 Å². The summed E-state index contributed by atoms with van der Waals surface area (Å²) in [6, 6.07) is 5.86. The minimum atomic E-state index is -4.23. The molecule has 1 nitrogen and oxygen atoms in total. The van der Waals surface area contributed by atoms with Gasteiger partial charge in [0.2, 0.25) is 0 Å². The summed E-state index contributed by atoms with van der Waals surface area (Å²) in [5.41, 5.74) is 0.310. The number of benzene rings is 1. The third-order valence-electron chi connectivity index (χ3n) is 4.81. The standard InChI is InChI=1S/C15H19F3N/c16-15(17,18)14-3-1-2-13(10-14)11-19-7-4-12(5-8-19)6-9-19/h1-3,10,12H,4-9,11H2/q+1. The van der Waals surface area contributed by atoms with Crippen LogP contribution in [-0.4, -0.2) is 24.1 Å². The van der Waals surface area contributed by atoms with Gasteiger partial charge in [-0.15, -0.1) is 0 Å². The van der Waals surface area contributed by atoms with Gasteiger partial charge in [-0.25, -0.2) is 0 Å². The van der Waals surface area contributed by atoms with Crippen LogP contribution in [0.4, 0.5) is 13.2 Å². The Hall–Kier alpha value is -1.03. The van der Waals surface area contributed by atoms with Gasteiger partial charge in [-0.3, -0.25) is 0 Å². The number of halogens is 3. The zero-order chi connectivity index (χ0) is 13.5. The van der Waals surface area contributed by atoms with Gasteiger partial charge in [0.15, 0.2) is 0 Å². The summed E-state index contributed by atoms with van der Waals surface area (Å²) in [5.74, 6) is 0.876. The van der Waals surface area contributed by atoms with Gasteiger partial charge in [-0.05, 0) is 37.3 Å². The maximum atomic E-state index is 12.7. The number of alkyl halides is 3. The van der Waals surface area contributed by atoms with E-state index >= 15 is 0 Å². The predicted molar refractivity (Wildman–Crippen MR) is 67.4 cm³/mol. The van der Waals surface area contributed by atoms with Crippen molar-refractivity contribution in [2.45, 2.75) is 32.0 Å². The summed E-state index contributed by atoms with van der Waals surface area (Å²) in [6.07, 6.45) is -0.484. The maximum Gasteiger partial charge on any atom is 0.416 e. The molecule has 0 saturated carbocycles. The molecular formula is C15H19F3N+. The van der Waals surface area contributed by atoms with Crippen LogP contribution in [0.15, 0.2) is 24.3 Å². The molecule has 3 saturated heterocycles. The van der Waals surface area contributed by atoms with E-state index in [-0.39, 0.29) is 0 Å². The summed E-state index contributed by atoms with van der Waals surface area (Å²) >= 11 is 0. The second-order valence-corrected chi connectivity index (χ2v) is 6.10. The molecular weight excluding hydrogens is 251 g/mol. The number of rotatable bonds is 2. The lowest BCUT2D eigenvalue weighted by atomic mass is 9.85. The Labute approximate surface area is 111 Å². The van der Waals surface area contributed by atoms with E-state index in [1.807, 2.05) is 6.07 Å². The molecule has 0 N–H and O–H groups in total. The van der Waals surface area contributed by atoms with E-state index in [0.29, 0.717) is 0 Å². The van der Waals surface area contributed by atoms with Crippen LogP contribution in [-0.2, 0) is 12.7 Å². The molecule has 2 bridgehead atoms. The third kappa shape index (κ3) is 2.64. The predicted octanol–water partition coefficient (Wildman–Crippen LogP) is 3.84. The zero-order valence-corrected chi connectivity index (χ0v) is 10.9. The zero-order valence-electron chi connectivity index (χ0n) is 10.9. The average molecular weight is 270 g/mol. The highest BCUT2D eigenvalue weighted by atomic mass is 19.4. The maximum absolute atomic E-state index is 12.7. The number of nitrogens with zero attached hydrogens (tertiary/aromatic N) is 1. The van der Waals surface area contributed by atoms with Crippen molar-refractivity contribution in [3.63, 3.8) is 0 Å². The molecule has 3 aliphatic rings. The molecule has 3 aliphatic heterocycles. The van der Waals surface area contributed by atoms with Crippen LogP contribution in [0.2, 0.25) is 0 Å². The highest BCUT2D eigenvalue weighted by Gasteiger charge is 2.40. The molecule has 4 heteroatoms. The Balaban J connectivity index is 1.79. The minimum absolute atomic E-state index is 0.518. The Morgan fingerprint density at radius 2 is 1.68 bits per heavy atom. The van der Waals surface area contributed by atoms with E-state index in [0.717, 1.165) is 48.2 Å². The fraction of sp³-hybridized carbons (Fsp3) is 0.600. The molecule has 104 valence electrons. The summed E-state index contributed by atoms with van der Waals surface area (Å²) in [4.78, 5) is 0. The Morgan fingerprint density at radius 1 is 1.05 bits per heavy atom. The van der Waals surface area contributed by atoms with Crippen molar-refractivity contribution in [2.75, 3.05) is 19.6 Å². The number of fused-ring (bicyclic) bond motifs is 3. The van der Waals surface area contributed by atoms with E-state index in [1.54, 1.807) is 0 Å². The second kappa shape index (κ2) is 4.51. The summed E-state index contributed by atoms with van der Waals surface area (Å²) < 4.78 is 39.2. The molecule has 1 aromatic rings. The van der Waals surface area contributed by atoms with Crippen molar-refractivity contribution in [3.8, 4) is 0 Å². The molecule has 3 heterocycles. The lowest BCUT2D eigenvalue weighted by molar-refractivity contribution is -0.955. The summed E-state index contributed by atoms with van der Waals surface area (Å²) in [5, 5.41) is 0. The molecule has 0 spiro atoms. The number of piperidine rings is 3. The van der Waals surface area contributed by atoms with Crippen LogP contribution in [0.25, 0.3) is 0 Å². The largest absolute Gasteiger partial charge is 0.416 e. The first-order valence-electron chi connectivity index (χ1n) is 6.98. The molecule has 3 fully saturated rings.